The van der Waals surface area contributed by atoms with Crippen LogP contribution in [0.4, 0.5) is 5.69 Å². The van der Waals surface area contributed by atoms with Crippen molar-refractivity contribution < 1.29 is 0 Å². The number of hydrogen-bond acceptors (Lipinski definition) is 5. The number of anilines is 1. The van der Waals surface area contributed by atoms with Crippen LogP contribution in [-0.4, -0.2) is 38.9 Å². The minimum Gasteiger partial charge on any atom is -0.356 e. The zero-order valence-electron chi connectivity index (χ0n) is 15.7. The summed E-state index contributed by atoms with van der Waals surface area (Å²) in [5, 5.41) is 12.4. The van der Waals surface area contributed by atoms with Crippen LogP contribution in [0.3, 0.4) is 0 Å². The number of nitrogens with one attached hydrogen (secondary N) is 1. The van der Waals surface area contributed by atoms with E-state index in [1.165, 1.54) is 0 Å². The molecule has 2 aromatic carbocycles. The van der Waals surface area contributed by atoms with Crippen molar-refractivity contribution in [3.63, 3.8) is 0 Å². The fraction of sp³-hybridized carbons (Fsp3) is 0.286. The van der Waals surface area contributed by atoms with Gasteiger partial charge in [0.25, 0.3) is 5.56 Å². The summed E-state index contributed by atoms with van der Waals surface area (Å²) in [6.07, 6.45) is 4.29. The molecule has 1 unspecified atom stereocenters. The summed E-state index contributed by atoms with van der Waals surface area (Å²) in [7, 11) is 1.99. The molecular formula is C21H22N6O. The van der Waals surface area contributed by atoms with Gasteiger partial charge in [0.15, 0.2) is 0 Å². The summed E-state index contributed by atoms with van der Waals surface area (Å²) in [4.78, 5) is 15.6. The van der Waals surface area contributed by atoms with Gasteiger partial charge in [-0.05, 0) is 43.7 Å². The number of rotatable bonds is 4. The smallest absolute Gasteiger partial charge is 0.263 e. The topological polar surface area (TPSA) is 67.5 Å². The van der Waals surface area contributed by atoms with Gasteiger partial charge in [-0.25, -0.2) is 0 Å². The molecule has 0 amide bonds. The average Bonchev–Trinajstić information content (AvgIpc) is 3.41. The molecule has 5 rings (SSSR count). The Morgan fingerprint density at radius 1 is 1.18 bits per heavy atom. The molecule has 1 aliphatic rings. The van der Waals surface area contributed by atoms with Gasteiger partial charge >= 0.3 is 0 Å². The molecule has 0 bridgehead atoms. The van der Waals surface area contributed by atoms with Crippen LogP contribution in [0.25, 0.3) is 16.7 Å². The van der Waals surface area contributed by atoms with Gasteiger partial charge in [0, 0.05) is 12.2 Å². The highest BCUT2D eigenvalue weighted by Crippen LogP contribution is 2.27. The van der Waals surface area contributed by atoms with Gasteiger partial charge in [0.2, 0.25) is 5.78 Å². The maximum absolute atomic E-state index is 13.3. The first-order valence-corrected chi connectivity index (χ1v) is 9.60. The van der Waals surface area contributed by atoms with Crippen LogP contribution in [0.15, 0.2) is 59.7 Å². The third-order valence-electron chi connectivity index (χ3n) is 5.59. The third-order valence-corrected chi connectivity index (χ3v) is 5.59. The van der Waals surface area contributed by atoms with Gasteiger partial charge in [-0.15, -0.1) is 10.2 Å². The van der Waals surface area contributed by atoms with Crippen molar-refractivity contribution in [3.05, 3.63) is 70.8 Å². The first kappa shape index (κ1) is 16.9. The number of hydrogen-bond donors (Lipinski definition) is 1. The van der Waals surface area contributed by atoms with Crippen molar-refractivity contribution in [1.29, 1.82) is 0 Å². The number of nitrogens with zero attached hydrogens (tertiary/aromatic N) is 5. The SMILES string of the molecule is CNC1CCCN1c1ccc2c(=O)n(Cc3ccccc3)c3nncn3c2c1. The van der Waals surface area contributed by atoms with Gasteiger partial charge in [-0.1, -0.05) is 30.3 Å². The van der Waals surface area contributed by atoms with Crippen LogP contribution in [-0.2, 0) is 6.54 Å². The van der Waals surface area contributed by atoms with Crippen LogP contribution < -0.4 is 15.8 Å². The maximum Gasteiger partial charge on any atom is 0.263 e. The van der Waals surface area contributed by atoms with E-state index in [2.05, 4.69) is 26.5 Å². The zero-order valence-corrected chi connectivity index (χ0v) is 15.7. The van der Waals surface area contributed by atoms with Crippen molar-refractivity contribution in [3.8, 4) is 0 Å². The van der Waals surface area contributed by atoms with E-state index in [0.29, 0.717) is 23.9 Å². The van der Waals surface area contributed by atoms with E-state index in [4.69, 9.17) is 0 Å². The van der Waals surface area contributed by atoms with Crippen molar-refractivity contribution >= 4 is 22.4 Å². The second-order valence-corrected chi connectivity index (χ2v) is 7.22. The lowest BCUT2D eigenvalue weighted by Gasteiger charge is -2.26. The highest BCUT2D eigenvalue weighted by atomic mass is 16.1. The summed E-state index contributed by atoms with van der Waals surface area (Å²) in [6.45, 7) is 1.47. The maximum atomic E-state index is 13.3. The average molecular weight is 374 g/mol. The quantitative estimate of drug-likeness (QED) is 0.593. The molecule has 1 saturated heterocycles. The van der Waals surface area contributed by atoms with E-state index < -0.39 is 0 Å². The lowest BCUT2D eigenvalue weighted by Crippen LogP contribution is -2.39. The summed E-state index contributed by atoms with van der Waals surface area (Å²) in [5.74, 6) is 0.560. The summed E-state index contributed by atoms with van der Waals surface area (Å²) in [5.41, 5.74) is 2.96. The number of fused-ring (bicyclic) bond motifs is 3. The Labute approximate surface area is 162 Å². The molecule has 0 saturated carbocycles. The van der Waals surface area contributed by atoms with Gasteiger partial charge < -0.3 is 10.2 Å². The molecule has 28 heavy (non-hydrogen) atoms. The fourth-order valence-corrected chi connectivity index (χ4v) is 4.18. The Morgan fingerprint density at radius 3 is 2.86 bits per heavy atom. The third kappa shape index (κ3) is 2.66. The van der Waals surface area contributed by atoms with Crippen LogP contribution in [0.1, 0.15) is 18.4 Å². The number of aromatic nitrogens is 4. The van der Waals surface area contributed by atoms with Gasteiger partial charge in [-0.2, -0.15) is 0 Å². The van der Waals surface area contributed by atoms with E-state index in [1.54, 1.807) is 10.9 Å². The highest BCUT2D eigenvalue weighted by Gasteiger charge is 2.24. The molecule has 1 N–H and O–H groups in total. The van der Waals surface area contributed by atoms with Crippen molar-refractivity contribution in [1.82, 2.24) is 24.5 Å². The molecule has 0 aliphatic carbocycles. The van der Waals surface area contributed by atoms with E-state index in [0.717, 1.165) is 36.2 Å². The van der Waals surface area contributed by atoms with Gasteiger partial charge in [0.1, 0.15) is 6.33 Å². The largest absolute Gasteiger partial charge is 0.356 e. The van der Waals surface area contributed by atoms with E-state index >= 15 is 0 Å². The molecule has 1 atom stereocenters. The molecule has 142 valence electrons. The van der Waals surface area contributed by atoms with Crippen LogP contribution >= 0.6 is 0 Å². The van der Waals surface area contributed by atoms with E-state index in [-0.39, 0.29) is 5.56 Å². The minimum absolute atomic E-state index is 0.0440. The van der Waals surface area contributed by atoms with Crippen LogP contribution in [0.2, 0.25) is 0 Å². The lowest BCUT2D eigenvalue weighted by atomic mass is 10.2. The highest BCUT2D eigenvalue weighted by molar-refractivity contribution is 5.84. The lowest BCUT2D eigenvalue weighted by molar-refractivity contribution is 0.582. The Morgan fingerprint density at radius 2 is 2.04 bits per heavy atom. The standard InChI is InChI=1S/C21H22N6O/c1-22-19-8-5-11-25(19)16-9-10-17-18(12-16)27-14-23-24-21(27)26(20(17)28)13-15-6-3-2-4-7-15/h2-4,6-7,9-10,12,14,19,22H,5,8,11,13H2,1H3. The first-order chi connectivity index (χ1) is 13.8. The Kier molecular flexibility index (Phi) is 4.09. The molecule has 3 heterocycles. The predicted octanol–water partition coefficient (Wildman–Crippen LogP) is 2.24. The van der Waals surface area contributed by atoms with E-state index in [9.17, 15) is 4.79 Å². The Balaban J connectivity index is 1.68. The van der Waals surface area contributed by atoms with Crippen molar-refractivity contribution in [2.45, 2.75) is 25.6 Å². The molecule has 2 aromatic heterocycles. The molecule has 7 heteroatoms. The Hall–Kier alpha value is -3.19. The Bertz CT molecular complexity index is 1200. The fourth-order valence-electron chi connectivity index (χ4n) is 4.18. The van der Waals surface area contributed by atoms with E-state index in [1.807, 2.05) is 53.9 Å². The molecular weight excluding hydrogens is 352 g/mol. The normalized spacial score (nSPS) is 17.0. The first-order valence-electron chi connectivity index (χ1n) is 9.60. The molecule has 0 spiro atoms. The van der Waals surface area contributed by atoms with Crippen molar-refractivity contribution in [2.75, 3.05) is 18.5 Å². The number of benzene rings is 2. The molecule has 4 aromatic rings. The summed E-state index contributed by atoms with van der Waals surface area (Å²) < 4.78 is 3.60. The van der Waals surface area contributed by atoms with Crippen molar-refractivity contribution in [2.24, 2.45) is 0 Å². The summed E-state index contributed by atoms with van der Waals surface area (Å²) in [6, 6.07) is 16.0. The monoisotopic (exact) mass is 374 g/mol. The van der Waals surface area contributed by atoms with Gasteiger partial charge in [0.05, 0.1) is 23.6 Å². The second kappa shape index (κ2) is 6.76. The van der Waals surface area contributed by atoms with Crippen LogP contribution in [0, 0.1) is 0 Å². The second-order valence-electron chi connectivity index (χ2n) is 7.22. The summed E-state index contributed by atoms with van der Waals surface area (Å²) >= 11 is 0. The minimum atomic E-state index is -0.0440. The molecule has 0 radical (unpaired) electrons. The predicted molar refractivity (Wildman–Crippen MR) is 110 cm³/mol. The van der Waals surface area contributed by atoms with Gasteiger partial charge in [-0.3, -0.25) is 13.8 Å². The molecule has 1 aliphatic heterocycles. The molecule has 1 fully saturated rings. The zero-order chi connectivity index (χ0) is 19.1. The van der Waals surface area contributed by atoms with Crippen LogP contribution in [0.5, 0.6) is 0 Å². The molecule has 7 nitrogen and oxygen atoms in total.